The number of carbonyl (C=O) groups excluding carboxylic acids is 2. The van der Waals surface area contributed by atoms with E-state index in [2.05, 4.69) is 10.6 Å². The van der Waals surface area contributed by atoms with Gasteiger partial charge in [-0.05, 0) is 62.4 Å². The second-order valence-electron chi connectivity index (χ2n) is 7.98. The number of hydrogen-bond acceptors (Lipinski definition) is 4. The molecule has 2 aromatic carbocycles. The van der Waals surface area contributed by atoms with E-state index in [1.54, 1.807) is 0 Å². The molecule has 0 unspecified atom stereocenters. The Hall–Kier alpha value is -3.02. The summed E-state index contributed by atoms with van der Waals surface area (Å²) in [6, 6.07) is 13.5. The lowest BCUT2D eigenvalue weighted by molar-refractivity contribution is 0.0523. The van der Waals surface area contributed by atoms with Gasteiger partial charge in [-0.3, -0.25) is 0 Å². The lowest BCUT2D eigenvalue weighted by atomic mass is 9.99. The summed E-state index contributed by atoms with van der Waals surface area (Å²) in [5.41, 5.74) is 4.49. The summed E-state index contributed by atoms with van der Waals surface area (Å²) < 4.78 is 10.5. The van der Waals surface area contributed by atoms with Gasteiger partial charge in [-0.25, -0.2) is 9.59 Å². The van der Waals surface area contributed by atoms with Crippen molar-refractivity contribution in [1.29, 1.82) is 0 Å². The van der Waals surface area contributed by atoms with Crippen molar-refractivity contribution >= 4 is 12.2 Å². The normalized spacial score (nSPS) is 10.9. The van der Waals surface area contributed by atoms with Crippen molar-refractivity contribution < 1.29 is 19.1 Å². The number of hydrogen-bond donors (Lipinski definition) is 2. The van der Waals surface area contributed by atoms with Crippen LogP contribution in [0.15, 0.2) is 42.5 Å². The Kier molecular flexibility index (Phi) is 7.65. The number of alkyl carbamates (subject to hydrolysis) is 2. The topological polar surface area (TPSA) is 76.7 Å². The van der Waals surface area contributed by atoms with E-state index < -0.39 is 17.8 Å². The van der Waals surface area contributed by atoms with E-state index in [4.69, 9.17) is 9.47 Å². The summed E-state index contributed by atoms with van der Waals surface area (Å²) in [4.78, 5) is 23.8. The Labute approximate surface area is 172 Å². The molecular formula is C23H30N2O4. The van der Waals surface area contributed by atoms with E-state index in [-0.39, 0.29) is 6.61 Å². The van der Waals surface area contributed by atoms with Gasteiger partial charge in [0.05, 0.1) is 0 Å². The van der Waals surface area contributed by atoms with Crippen LogP contribution in [-0.4, -0.2) is 17.8 Å². The van der Waals surface area contributed by atoms with Crippen molar-refractivity contribution in [3.05, 3.63) is 70.3 Å². The Bertz CT molecular complexity index is 819. The third-order valence-electron chi connectivity index (χ3n) is 4.21. The fourth-order valence-electron chi connectivity index (χ4n) is 2.89. The number of rotatable bonds is 6. The molecule has 6 heteroatoms. The Morgan fingerprint density at radius 1 is 0.862 bits per heavy atom. The molecule has 156 valence electrons. The van der Waals surface area contributed by atoms with Gasteiger partial charge in [-0.1, -0.05) is 42.5 Å². The van der Waals surface area contributed by atoms with Crippen molar-refractivity contribution in [3.63, 3.8) is 0 Å². The quantitative estimate of drug-likeness (QED) is 0.736. The molecule has 29 heavy (non-hydrogen) atoms. The first kappa shape index (κ1) is 22.3. The van der Waals surface area contributed by atoms with Gasteiger partial charge < -0.3 is 20.1 Å². The molecule has 0 aromatic heterocycles. The minimum absolute atomic E-state index is 0.236. The molecule has 2 aromatic rings. The standard InChI is InChI=1S/C23H30N2O4/c1-16-11-19(13-24-22(27)29-23(3,4)5)12-17(2)20(16)14-25-21(26)28-15-18-9-7-6-8-10-18/h6-12H,13-15H2,1-5H3,(H,24,27)(H,25,26). The summed E-state index contributed by atoms with van der Waals surface area (Å²) in [6.07, 6.45) is -0.900. The van der Waals surface area contributed by atoms with Crippen molar-refractivity contribution in [2.24, 2.45) is 0 Å². The van der Waals surface area contributed by atoms with E-state index in [1.165, 1.54) is 0 Å². The lowest BCUT2D eigenvalue weighted by Gasteiger charge is -2.20. The van der Waals surface area contributed by atoms with Crippen LogP contribution in [0.2, 0.25) is 0 Å². The largest absolute Gasteiger partial charge is 0.445 e. The van der Waals surface area contributed by atoms with E-state index in [1.807, 2.05) is 77.1 Å². The lowest BCUT2D eigenvalue weighted by Crippen LogP contribution is -2.32. The van der Waals surface area contributed by atoms with Gasteiger partial charge in [0, 0.05) is 13.1 Å². The number of ether oxygens (including phenoxy) is 2. The van der Waals surface area contributed by atoms with Crippen molar-refractivity contribution in [2.75, 3.05) is 0 Å². The van der Waals surface area contributed by atoms with Gasteiger partial charge in [0.1, 0.15) is 12.2 Å². The Balaban J connectivity index is 1.86. The SMILES string of the molecule is Cc1cc(CNC(=O)OC(C)(C)C)cc(C)c1CNC(=O)OCc1ccccc1. The molecule has 0 heterocycles. The third kappa shape index (κ3) is 7.86. The van der Waals surface area contributed by atoms with Crippen LogP contribution in [0.25, 0.3) is 0 Å². The Morgan fingerprint density at radius 2 is 1.45 bits per heavy atom. The smallest absolute Gasteiger partial charge is 0.407 e. The van der Waals surface area contributed by atoms with Crippen molar-refractivity contribution in [2.45, 2.75) is 59.9 Å². The van der Waals surface area contributed by atoms with E-state index in [0.29, 0.717) is 13.1 Å². The summed E-state index contributed by atoms with van der Waals surface area (Å²) in [5.74, 6) is 0. The van der Waals surface area contributed by atoms with Gasteiger partial charge in [-0.2, -0.15) is 0 Å². The zero-order valence-corrected chi connectivity index (χ0v) is 17.8. The molecule has 2 amide bonds. The molecule has 0 spiro atoms. The maximum atomic E-state index is 12.0. The number of benzene rings is 2. The van der Waals surface area contributed by atoms with Gasteiger partial charge >= 0.3 is 12.2 Å². The second-order valence-corrected chi connectivity index (χ2v) is 7.98. The van der Waals surface area contributed by atoms with Crippen LogP contribution in [0.4, 0.5) is 9.59 Å². The molecule has 6 nitrogen and oxygen atoms in total. The fraction of sp³-hybridized carbons (Fsp3) is 0.391. The predicted molar refractivity (Wildman–Crippen MR) is 112 cm³/mol. The van der Waals surface area contributed by atoms with Crippen molar-refractivity contribution in [3.8, 4) is 0 Å². The number of amides is 2. The maximum Gasteiger partial charge on any atom is 0.407 e. The average Bonchev–Trinajstić information content (AvgIpc) is 2.63. The van der Waals surface area contributed by atoms with Gasteiger partial charge in [-0.15, -0.1) is 0 Å². The third-order valence-corrected chi connectivity index (χ3v) is 4.21. The van der Waals surface area contributed by atoms with Crippen LogP contribution in [0.1, 0.15) is 48.6 Å². The first-order chi connectivity index (χ1) is 13.6. The second kappa shape index (κ2) is 9.96. The molecule has 2 rings (SSSR count). The zero-order chi connectivity index (χ0) is 21.4. The van der Waals surface area contributed by atoms with E-state index >= 15 is 0 Å². The predicted octanol–water partition coefficient (Wildman–Crippen LogP) is 4.75. The zero-order valence-electron chi connectivity index (χ0n) is 17.8. The molecule has 0 radical (unpaired) electrons. The average molecular weight is 399 g/mol. The number of aryl methyl sites for hydroxylation is 2. The summed E-state index contributed by atoms with van der Waals surface area (Å²) in [7, 11) is 0. The highest BCUT2D eigenvalue weighted by Gasteiger charge is 2.16. The van der Waals surface area contributed by atoms with Gasteiger partial charge in [0.15, 0.2) is 0 Å². The minimum Gasteiger partial charge on any atom is -0.445 e. The van der Waals surface area contributed by atoms with E-state index in [0.717, 1.165) is 27.8 Å². The van der Waals surface area contributed by atoms with Crippen LogP contribution in [0.5, 0.6) is 0 Å². The summed E-state index contributed by atoms with van der Waals surface area (Å²) in [6.45, 7) is 10.4. The molecule has 0 bridgehead atoms. The van der Waals surface area contributed by atoms with Gasteiger partial charge in [0.2, 0.25) is 0 Å². The van der Waals surface area contributed by atoms with Crippen LogP contribution < -0.4 is 10.6 Å². The molecule has 0 atom stereocenters. The first-order valence-electron chi connectivity index (χ1n) is 9.64. The van der Waals surface area contributed by atoms with Crippen molar-refractivity contribution in [1.82, 2.24) is 10.6 Å². The minimum atomic E-state index is -0.527. The fourth-order valence-corrected chi connectivity index (χ4v) is 2.89. The van der Waals surface area contributed by atoms with E-state index in [9.17, 15) is 9.59 Å². The highest BCUT2D eigenvalue weighted by Crippen LogP contribution is 2.17. The number of carbonyl (C=O) groups is 2. The molecule has 0 aliphatic carbocycles. The maximum absolute atomic E-state index is 12.0. The van der Waals surface area contributed by atoms with Crippen LogP contribution in [0.3, 0.4) is 0 Å². The first-order valence-corrected chi connectivity index (χ1v) is 9.64. The molecule has 0 aliphatic rings. The number of nitrogens with one attached hydrogen (secondary N) is 2. The molecule has 0 saturated heterocycles. The Morgan fingerprint density at radius 3 is 2.03 bits per heavy atom. The molecule has 0 aliphatic heterocycles. The van der Waals surface area contributed by atoms with Crippen LogP contribution >= 0.6 is 0 Å². The highest BCUT2D eigenvalue weighted by atomic mass is 16.6. The summed E-state index contributed by atoms with van der Waals surface area (Å²) >= 11 is 0. The monoisotopic (exact) mass is 398 g/mol. The van der Waals surface area contributed by atoms with Crippen LogP contribution in [0, 0.1) is 13.8 Å². The summed E-state index contributed by atoms with van der Waals surface area (Å²) in [5, 5.41) is 5.56. The highest BCUT2D eigenvalue weighted by molar-refractivity contribution is 5.68. The van der Waals surface area contributed by atoms with Gasteiger partial charge in [0.25, 0.3) is 0 Å². The van der Waals surface area contributed by atoms with Crippen LogP contribution in [-0.2, 0) is 29.2 Å². The molecule has 2 N–H and O–H groups in total. The molecule has 0 saturated carbocycles. The molecule has 0 fully saturated rings. The molecular weight excluding hydrogens is 368 g/mol.